The van der Waals surface area contributed by atoms with E-state index < -0.39 is 11.9 Å². The summed E-state index contributed by atoms with van der Waals surface area (Å²) in [5, 5.41) is 20.1. The summed E-state index contributed by atoms with van der Waals surface area (Å²) in [5.41, 5.74) is 1.19. The van der Waals surface area contributed by atoms with Crippen molar-refractivity contribution in [2.75, 3.05) is 0 Å². The number of carboxylic acids is 1. The van der Waals surface area contributed by atoms with Crippen molar-refractivity contribution >= 4 is 22.8 Å². The van der Waals surface area contributed by atoms with E-state index in [1.807, 2.05) is 6.07 Å². The largest absolute Gasteiger partial charge is 0.481 e. The van der Waals surface area contributed by atoms with E-state index in [0.29, 0.717) is 23.9 Å². The number of carboxylic acid groups (broad SMARTS) is 1. The molecule has 0 spiro atoms. The first-order valence-corrected chi connectivity index (χ1v) is 8.12. The molecule has 0 bridgehead atoms. The topological polar surface area (TPSA) is 95.1 Å². The van der Waals surface area contributed by atoms with Gasteiger partial charge >= 0.3 is 5.97 Å². The summed E-state index contributed by atoms with van der Waals surface area (Å²) in [7, 11) is 0. The van der Waals surface area contributed by atoms with Crippen LogP contribution in [0, 0.1) is 5.92 Å². The number of benzene rings is 1. The van der Waals surface area contributed by atoms with E-state index in [1.54, 1.807) is 18.3 Å². The van der Waals surface area contributed by atoms with Crippen molar-refractivity contribution in [1.82, 2.24) is 15.5 Å². The predicted octanol–water partition coefficient (Wildman–Crippen LogP) is 2.72. The van der Waals surface area contributed by atoms with Crippen LogP contribution in [0.5, 0.6) is 0 Å². The van der Waals surface area contributed by atoms with E-state index in [4.69, 9.17) is 0 Å². The Morgan fingerprint density at radius 2 is 1.96 bits per heavy atom. The Hall–Kier alpha value is -2.37. The summed E-state index contributed by atoms with van der Waals surface area (Å²) in [6.07, 6.45) is 7.01. The summed E-state index contributed by atoms with van der Waals surface area (Å²) in [5.74, 6) is -1.58. The first-order chi connectivity index (χ1) is 11.2. The van der Waals surface area contributed by atoms with Crippen molar-refractivity contribution in [3.63, 3.8) is 0 Å². The minimum Gasteiger partial charge on any atom is -0.481 e. The molecule has 0 aliphatic heterocycles. The van der Waals surface area contributed by atoms with Crippen LogP contribution in [0.25, 0.3) is 10.9 Å². The number of nitrogens with zero attached hydrogens (tertiary/aromatic N) is 1. The predicted molar refractivity (Wildman–Crippen MR) is 86.2 cm³/mol. The van der Waals surface area contributed by atoms with Gasteiger partial charge in [-0.25, -0.2) is 0 Å². The summed E-state index contributed by atoms with van der Waals surface area (Å²) >= 11 is 0. The number of aromatic amines is 1. The van der Waals surface area contributed by atoms with Gasteiger partial charge in [0, 0.05) is 11.4 Å². The molecule has 2 unspecified atom stereocenters. The molecule has 0 saturated heterocycles. The maximum absolute atomic E-state index is 12.6. The first-order valence-electron chi connectivity index (χ1n) is 8.12. The number of rotatable bonds is 3. The number of aliphatic carboxylic acids is 1. The van der Waals surface area contributed by atoms with Gasteiger partial charge in [-0.15, -0.1) is 0 Å². The van der Waals surface area contributed by atoms with Crippen molar-refractivity contribution in [1.29, 1.82) is 0 Å². The molecule has 1 amide bonds. The lowest BCUT2D eigenvalue weighted by atomic mass is 9.86. The molecule has 23 heavy (non-hydrogen) atoms. The van der Waals surface area contributed by atoms with Gasteiger partial charge in [-0.2, -0.15) is 5.10 Å². The van der Waals surface area contributed by atoms with E-state index in [9.17, 15) is 14.7 Å². The molecular formula is C17H21N3O3. The smallest absolute Gasteiger partial charge is 0.308 e. The van der Waals surface area contributed by atoms with Crippen LogP contribution >= 0.6 is 0 Å². The molecule has 1 aliphatic rings. The number of hydrogen-bond acceptors (Lipinski definition) is 3. The fraction of sp³-hybridized carbons (Fsp3) is 0.471. The second kappa shape index (κ2) is 6.81. The van der Waals surface area contributed by atoms with Gasteiger partial charge in [0.05, 0.1) is 23.2 Å². The van der Waals surface area contributed by atoms with Gasteiger partial charge in [0.25, 0.3) is 5.91 Å². The lowest BCUT2D eigenvalue weighted by molar-refractivity contribution is -0.143. The molecule has 1 aromatic carbocycles. The van der Waals surface area contributed by atoms with Crippen LogP contribution < -0.4 is 5.32 Å². The van der Waals surface area contributed by atoms with Crippen molar-refractivity contribution < 1.29 is 14.7 Å². The fourth-order valence-corrected chi connectivity index (χ4v) is 3.36. The van der Waals surface area contributed by atoms with Crippen LogP contribution in [0.1, 0.15) is 48.9 Å². The molecule has 6 heteroatoms. The molecule has 6 nitrogen and oxygen atoms in total. The summed E-state index contributed by atoms with van der Waals surface area (Å²) in [6, 6.07) is 5.10. The number of amides is 1. The number of carbonyl (C=O) groups is 2. The van der Waals surface area contributed by atoms with Crippen LogP contribution in [0.2, 0.25) is 0 Å². The number of aromatic nitrogens is 2. The molecule has 122 valence electrons. The van der Waals surface area contributed by atoms with Gasteiger partial charge in [-0.05, 0) is 18.9 Å². The van der Waals surface area contributed by atoms with E-state index in [2.05, 4.69) is 15.5 Å². The van der Waals surface area contributed by atoms with Crippen molar-refractivity contribution in [3.05, 3.63) is 30.0 Å². The third-order valence-electron chi connectivity index (χ3n) is 4.62. The Morgan fingerprint density at radius 3 is 2.74 bits per heavy atom. The molecule has 2 aromatic rings. The van der Waals surface area contributed by atoms with Crippen molar-refractivity contribution in [2.24, 2.45) is 5.92 Å². The lowest BCUT2D eigenvalue weighted by Gasteiger charge is -2.27. The highest BCUT2D eigenvalue weighted by Crippen LogP contribution is 2.24. The van der Waals surface area contributed by atoms with Gasteiger partial charge in [0.1, 0.15) is 0 Å². The van der Waals surface area contributed by atoms with Gasteiger partial charge in [0.15, 0.2) is 0 Å². The minimum absolute atomic E-state index is 0.239. The number of fused-ring (bicyclic) bond motifs is 1. The van der Waals surface area contributed by atoms with Crippen LogP contribution in [-0.2, 0) is 4.79 Å². The van der Waals surface area contributed by atoms with Crippen LogP contribution in [-0.4, -0.2) is 33.2 Å². The quantitative estimate of drug-likeness (QED) is 0.811. The molecule has 1 saturated carbocycles. The monoisotopic (exact) mass is 315 g/mol. The highest BCUT2D eigenvalue weighted by molar-refractivity contribution is 6.05. The minimum atomic E-state index is -0.822. The third kappa shape index (κ3) is 3.36. The highest BCUT2D eigenvalue weighted by Gasteiger charge is 2.30. The van der Waals surface area contributed by atoms with Crippen LogP contribution in [0.15, 0.2) is 24.4 Å². The summed E-state index contributed by atoms with van der Waals surface area (Å²) in [6.45, 7) is 0. The SMILES string of the molecule is O=C(NC1CCCCCCC1C(=O)O)c1cccc2cn[nH]c12. The number of para-hydroxylation sites is 1. The maximum atomic E-state index is 12.6. The van der Waals surface area contributed by atoms with Gasteiger partial charge in [0.2, 0.25) is 0 Å². The Balaban J connectivity index is 1.81. The zero-order valence-electron chi connectivity index (χ0n) is 12.9. The molecular weight excluding hydrogens is 294 g/mol. The normalized spacial score (nSPS) is 22.3. The van der Waals surface area contributed by atoms with E-state index in [0.717, 1.165) is 31.1 Å². The number of hydrogen-bond donors (Lipinski definition) is 3. The number of carbonyl (C=O) groups excluding carboxylic acids is 1. The highest BCUT2D eigenvalue weighted by atomic mass is 16.4. The van der Waals surface area contributed by atoms with E-state index in [-0.39, 0.29) is 11.9 Å². The van der Waals surface area contributed by atoms with Crippen LogP contribution in [0.4, 0.5) is 0 Å². The molecule has 1 fully saturated rings. The zero-order valence-corrected chi connectivity index (χ0v) is 12.9. The van der Waals surface area contributed by atoms with Gasteiger partial charge < -0.3 is 10.4 Å². The number of H-pyrrole nitrogens is 1. The number of nitrogens with one attached hydrogen (secondary N) is 2. The Bertz CT molecular complexity index is 710. The maximum Gasteiger partial charge on any atom is 0.308 e. The second-order valence-corrected chi connectivity index (χ2v) is 6.16. The van der Waals surface area contributed by atoms with Crippen LogP contribution in [0.3, 0.4) is 0 Å². The molecule has 3 N–H and O–H groups in total. The Morgan fingerprint density at radius 1 is 1.17 bits per heavy atom. The van der Waals surface area contributed by atoms with E-state index >= 15 is 0 Å². The van der Waals surface area contributed by atoms with Gasteiger partial charge in [-0.3, -0.25) is 14.7 Å². The Kier molecular flexibility index (Phi) is 4.60. The summed E-state index contributed by atoms with van der Waals surface area (Å²) < 4.78 is 0. The zero-order chi connectivity index (χ0) is 16.2. The molecule has 2 atom stereocenters. The van der Waals surface area contributed by atoms with Crippen molar-refractivity contribution in [2.45, 2.75) is 44.6 Å². The Labute approximate surface area is 134 Å². The van der Waals surface area contributed by atoms with Gasteiger partial charge in [-0.1, -0.05) is 37.8 Å². The molecule has 0 radical (unpaired) electrons. The second-order valence-electron chi connectivity index (χ2n) is 6.16. The summed E-state index contributed by atoms with van der Waals surface area (Å²) in [4.78, 5) is 24.2. The standard InChI is InChI=1S/C17H21N3O3/c21-16(13-8-5-6-11-10-18-20-15(11)13)19-14-9-4-2-1-3-7-12(14)17(22)23/h5-6,8,10,12,14H,1-4,7,9H2,(H,18,20)(H,19,21)(H,22,23). The molecule has 1 aromatic heterocycles. The third-order valence-corrected chi connectivity index (χ3v) is 4.62. The fourth-order valence-electron chi connectivity index (χ4n) is 3.36. The van der Waals surface area contributed by atoms with E-state index in [1.165, 1.54) is 0 Å². The first kappa shape index (κ1) is 15.5. The van der Waals surface area contributed by atoms with Crippen molar-refractivity contribution in [3.8, 4) is 0 Å². The molecule has 1 heterocycles. The average Bonchev–Trinajstić information content (AvgIpc) is 2.97. The molecule has 1 aliphatic carbocycles. The lowest BCUT2D eigenvalue weighted by Crippen LogP contribution is -2.44. The average molecular weight is 315 g/mol. The molecule has 3 rings (SSSR count).